The number of likely N-dealkylation sites (tertiary alicyclic amines) is 1. The van der Waals surface area contributed by atoms with Gasteiger partial charge in [0.05, 0.1) is 6.10 Å². The summed E-state index contributed by atoms with van der Waals surface area (Å²) in [4.78, 5) is 25.8. The predicted octanol–water partition coefficient (Wildman–Crippen LogP) is 2.51. The molecule has 0 spiro atoms. The van der Waals surface area contributed by atoms with E-state index in [4.69, 9.17) is 4.42 Å². The largest absolute Gasteiger partial charge is 0.456 e. The summed E-state index contributed by atoms with van der Waals surface area (Å²) < 4.78 is 5.79. The van der Waals surface area contributed by atoms with Crippen molar-refractivity contribution in [2.24, 2.45) is 0 Å². The Morgan fingerprint density at radius 2 is 1.92 bits per heavy atom. The molecule has 1 atom stereocenters. The number of furan rings is 1. The van der Waals surface area contributed by atoms with Crippen molar-refractivity contribution in [3.63, 3.8) is 0 Å². The van der Waals surface area contributed by atoms with Gasteiger partial charge in [-0.1, -0.05) is 18.2 Å². The molecular formula is C19H18N2O4. The highest BCUT2D eigenvalue weighted by atomic mass is 16.3. The van der Waals surface area contributed by atoms with Crippen LogP contribution in [-0.2, 0) is 9.59 Å². The lowest BCUT2D eigenvalue weighted by molar-refractivity contribution is -0.145. The lowest BCUT2D eigenvalue weighted by Crippen LogP contribution is -2.46. The van der Waals surface area contributed by atoms with Crippen molar-refractivity contribution in [1.82, 2.24) is 4.90 Å². The van der Waals surface area contributed by atoms with Gasteiger partial charge in [-0.2, -0.15) is 0 Å². The Bertz CT molecular complexity index is 962. The number of aliphatic hydroxyl groups is 1. The Morgan fingerprint density at radius 1 is 1.12 bits per heavy atom. The number of carbonyl (C=O) groups excluding carboxylic acids is 2. The SMILES string of the molecule is O=C(Nc1ccc2c(c1)oc1ccccc12)C(=O)N1CCCC(O)C1. The normalized spacial score (nSPS) is 17.8. The van der Waals surface area contributed by atoms with Crippen LogP contribution in [0.4, 0.5) is 5.69 Å². The lowest BCUT2D eigenvalue weighted by Gasteiger charge is -2.29. The molecule has 2 N–H and O–H groups in total. The third kappa shape index (κ3) is 2.96. The van der Waals surface area contributed by atoms with E-state index in [0.717, 1.165) is 16.4 Å². The Kier molecular flexibility index (Phi) is 3.89. The van der Waals surface area contributed by atoms with Crippen molar-refractivity contribution in [1.29, 1.82) is 0 Å². The first kappa shape index (κ1) is 15.7. The molecule has 1 unspecified atom stereocenters. The molecule has 0 bridgehead atoms. The Morgan fingerprint density at radius 3 is 2.76 bits per heavy atom. The van der Waals surface area contributed by atoms with Gasteiger partial charge < -0.3 is 19.7 Å². The highest BCUT2D eigenvalue weighted by molar-refractivity contribution is 6.39. The molecule has 6 nitrogen and oxygen atoms in total. The van der Waals surface area contributed by atoms with Crippen molar-refractivity contribution in [3.05, 3.63) is 42.5 Å². The van der Waals surface area contributed by atoms with E-state index in [1.165, 1.54) is 4.90 Å². The highest BCUT2D eigenvalue weighted by Gasteiger charge is 2.27. The standard InChI is InChI=1S/C19H18N2O4/c22-13-4-3-9-21(11-13)19(24)18(23)20-12-7-8-15-14-5-1-2-6-16(14)25-17(15)10-12/h1-2,5-8,10,13,22H,3-4,9,11H2,(H,20,23). The molecule has 3 aromatic rings. The van der Waals surface area contributed by atoms with Crippen LogP contribution in [0.5, 0.6) is 0 Å². The van der Waals surface area contributed by atoms with Gasteiger partial charge in [0.1, 0.15) is 11.2 Å². The molecule has 128 valence electrons. The van der Waals surface area contributed by atoms with Gasteiger partial charge in [-0.3, -0.25) is 9.59 Å². The maximum Gasteiger partial charge on any atom is 0.313 e. The number of carbonyl (C=O) groups is 2. The molecule has 0 aliphatic carbocycles. The fourth-order valence-electron chi connectivity index (χ4n) is 3.27. The first-order valence-electron chi connectivity index (χ1n) is 8.31. The molecule has 0 radical (unpaired) electrons. The zero-order valence-corrected chi connectivity index (χ0v) is 13.6. The van der Waals surface area contributed by atoms with Crippen LogP contribution in [0.3, 0.4) is 0 Å². The maximum absolute atomic E-state index is 12.2. The molecule has 2 heterocycles. The summed E-state index contributed by atoms with van der Waals surface area (Å²) in [6.07, 6.45) is 0.802. The van der Waals surface area contributed by atoms with Crippen LogP contribution in [0.1, 0.15) is 12.8 Å². The van der Waals surface area contributed by atoms with E-state index in [1.54, 1.807) is 12.1 Å². The quantitative estimate of drug-likeness (QED) is 0.668. The average molecular weight is 338 g/mol. The number of nitrogens with zero attached hydrogens (tertiary/aromatic N) is 1. The van der Waals surface area contributed by atoms with E-state index in [1.807, 2.05) is 30.3 Å². The van der Waals surface area contributed by atoms with Crippen LogP contribution in [0.25, 0.3) is 21.9 Å². The van der Waals surface area contributed by atoms with E-state index >= 15 is 0 Å². The van der Waals surface area contributed by atoms with Gasteiger partial charge in [0.2, 0.25) is 0 Å². The van der Waals surface area contributed by atoms with E-state index in [2.05, 4.69) is 5.32 Å². The molecule has 2 amide bonds. The van der Waals surface area contributed by atoms with Gasteiger partial charge >= 0.3 is 11.8 Å². The summed E-state index contributed by atoms with van der Waals surface area (Å²) in [7, 11) is 0. The van der Waals surface area contributed by atoms with Crippen LogP contribution in [0.15, 0.2) is 46.9 Å². The van der Waals surface area contributed by atoms with Crippen molar-refractivity contribution in [2.75, 3.05) is 18.4 Å². The minimum Gasteiger partial charge on any atom is -0.456 e. The number of hydrogen-bond donors (Lipinski definition) is 2. The van der Waals surface area contributed by atoms with Gasteiger partial charge in [-0.05, 0) is 31.0 Å². The second-order valence-corrected chi connectivity index (χ2v) is 6.31. The number of piperidine rings is 1. The summed E-state index contributed by atoms with van der Waals surface area (Å²) in [5.41, 5.74) is 1.93. The van der Waals surface area contributed by atoms with Gasteiger partial charge in [-0.25, -0.2) is 0 Å². The molecule has 6 heteroatoms. The summed E-state index contributed by atoms with van der Waals surface area (Å²) in [5.74, 6) is -1.33. The zero-order chi connectivity index (χ0) is 17.4. The molecule has 0 saturated carbocycles. The fraction of sp³-hybridized carbons (Fsp3) is 0.263. The lowest BCUT2D eigenvalue weighted by atomic mass is 10.1. The molecule has 1 saturated heterocycles. The van der Waals surface area contributed by atoms with Crippen LogP contribution >= 0.6 is 0 Å². The van der Waals surface area contributed by atoms with Crippen LogP contribution in [0, 0.1) is 0 Å². The highest BCUT2D eigenvalue weighted by Crippen LogP contribution is 2.30. The van der Waals surface area contributed by atoms with E-state index in [9.17, 15) is 14.7 Å². The molecular weight excluding hydrogens is 320 g/mol. The second-order valence-electron chi connectivity index (χ2n) is 6.31. The van der Waals surface area contributed by atoms with Crippen molar-refractivity contribution < 1.29 is 19.1 Å². The fourth-order valence-corrected chi connectivity index (χ4v) is 3.27. The third-order valence-electron chi connectivity index (χ3n) is 4.51. The molecule has 1 fully saturated rings. The summed E-state index contributed by atoms with van der Waals surface area (Å²) >= 11 is 0. The number of aliphatic hydroxyl groups excluding tert-OH is 1. The molecule has 1 aromatic heterocycles. The number of β-amino-alcohol motifs (C(OH)–C–C–N with tert-alkyl or cyclic N) is 1. The topological polar surface area (TPSA) is 82.8 Å². The first-order chi connectivity index (χ1) is 12.1. The Labute approximate surface area is 144 Å². The third-order valence-corrected chi connectivity index (χ3v) is 4.51. The number of rotatable bonds is 1. The number of nitrogens with one attached hydrogen (secondary N) is 1. The molecule has 25 heavy (non-hydrogen) atoms. The van der Waals surface area contributed by atoms with Crippen LogP contribution in [-0.4, -0.2) is 41.0 Å². The van der Waals surface area contributed by atoms with Crippen LogP contribution in [0.2, 0.25) is 0 Å². The number of amides is 2. The average Bonchev–Trinajstić information content (AvgIpc) is 2.98. The molecule has 1 aliphatic rings. The number of anilines is 1. The van der Waals surface area contributed by atoms with E-state index in [-0.39, 0.29) is 6.54 Å². The van der Waals surface area contributed by atoms with Crippen molar-refractivity contribution >= 4 is 39.4 Å². The second kappa shape index (κ2) is 6.22. The number of fused-ring (bicyclic) bond motifs is 3. The Balaban J connectivity index is 1.54. The maximum atomic E-state index is 12.2. The molecule has 1 aliphatic heterocycles. The van der Waals surface area contributed by atoms with Crippen molar-refractivity contribution in [3.8, 4) is 0 Å². The monoisotopic (exact) mass is 338 g/mol. The zero-order valence-electron chi connectivity index (χ0n) is 13.6. The van der Waals surface area contributed by atoms with Gasteiger partial charge in [0.15, 0.2) is 0 Å². The van der Waals surface area contributed by atoms with E-state index in [0.29, 0.717) is 30.7 Å². The first-order valence-corrected chi connectivity index (χ1v) is 8.31. The molecule has 4 rings (SSSR count). The van der Waals surface area contributed by atoms with Crippen molar-refractivity contribution in [2.45, 2.75) is 18.9 Å². The predicted molar refractivity (Wildman–Crippen MR) is 94.2 cm³/mol. The summed E-state index contributed by atoms with van der Waals surface area (Å²) in [6.45, 7) is 0.695. The minimum absolute atomic E-state index is 0.203. The number of hydrogen-bond acceptors (Lipinski definition) is 4. The summed E-state index contributed by atoms with van der Waals surface area (Å²) in [6, 6.07) is 13.0. The molecule has 2 aromatic carbocycles. The van der Waals surface area contributed by atoms with Gasteiger partial charge in [0, 0.05) is 35.6 Å². The minimum atomic E-state index is -0.704. The van der Waals surface area contributed by atoms with Gasteiger partial charge in [-0.15, -0.1) is 0 Å². The number of benzene rings is 2. The Hall–Kier alpha value is -2.86. The van der Waals surface area contributed by atoms with Crippen LogP contribution < -0.4 is 5.32 Å². The number of para-hydroxylation sites is 1. The smallest absolute Gasteiger partial charge is 0.313 e. The van der Waals surface area contributed by atoms with Gasteiger partial charge in [0.25, 0.3) is 0 Å². The summed E-state index contributed by atoms with van der Waals surface area (Å²) in [5, 5.41) is 14.2. The van der Waals surface area contributed by atoms with E-state index < -0.39 is 17.9 Å².